The zero-order valence-corrected chi connectivity index (χ0v) is 15.8. The molecule has 0 atom stereocenters. The molecular formula is C16H30N4O4S. The van der Waals surface area contributed by atoms with Crippen LogP contribution in [-0.4, -0.2) is 107 Å². The maximum Gasteiger partial charge on any atom is 0.317 e. The second-order valence-electron chi connectivity index (χ2n) is 6.37. The highest BCUT2D eigenvalue weighted by Crippen LogP contribution is 2.03. The summed E-state index contributed by atoms with van der Waals surface area (Å²) in [5.41, 5.74) is 0. The summed E-state index contributed by atoms with van der Waals surface area (Å²) in [6.45, 7) is 7.75. The number of unbranched alkanes of at least 4 members (excludes halogenated alkanes) is 1. The molecular weight excluding hydrogens is 344 g/mol. The van der Waals surface area contributed by atoms with Crippen LogP contribution in [0.5, 0.6) is 0 Å². The Balaban J connectivity index is 2.51. The Kier molecular flexibility index (Phi) is 10.6. The monoisotopic (exact) mass is 374 g/mol. The number of thiocarbonyl (C=S) groups is 1. The van der Waals surface area contributed by atoms with Crippen molar-refractivity contribution in [3.63, 3.8) is 0 Å². The number of nitrogens with zero attached hydrogens (tertiary/aromatic N) is 3. The lowest BCUT2D eigenvalue weighted by Gasteiger charge is -2.25. The molecule has 1 fully saturated rings. The van der Waals surface area contributed by atoms with Gasteiger partial charge in [-0.3, -0.25) is 19.4 Å². The van der Waals surface area contributed by atoms with Gasteiger partial charge in [0.25, 0.3) is 0 Å². The number of nitrogens with one attached hydrogen (secondary N) is 1. The lowest BCUT2D eigenvalue weighted by molar-refractivity contribution is -0.140. The molecule has 1 aliphatic heterocycles. The van der Waals surface area contributed by atoms with Crippen molar-refractivity contribution in [3.8, 4) is 0 Å². The smallest absolute Gasteiger partial charge is 0.317 e. The largest absolute Gasteiger partial charge is 0.480 e. The van der Waals surface area contributed by atoms with E-state index < -0.39 is 11.9 Å². The number of carbonyl (C=O) groups is 2. The highest BCUT2D eigenvalue weighted by Gasteiger charge is 2.19. The van der Waals surface area contributed by atoms with E-state index in [2.05, 4.69) is 10.2 Å². The summed E-state index contributed by atoms with van der Waals surface area (Å²) in [5, 5.41) is 21.2. The van der Waals surface area contributed by atoms with Gasteiger partial charge in [-0.25, -0.2) is 0 Å². The van der Waals surface area contributed by atoms with Gasteiger partial charge < -0.3 is 20.4 Å². The van der Waals surface area contributed by atoms with Crippen LogP contribution in [0.2, 0.25) is 0 Å². The molecule has 0 bridgehead atoms. The lowest BCUT2D eigenvalue weighted by Crippen LogP contribution is -2.40. The molecule has 3 N–H and O–H groups in total. The van der Waals surface area contributed by atoms with Crippen molar-refractivity contribution >= 4 is 29.1 Å². The highest BCUT2D eigenvalue weighted by molar-refractivity contribution is 7.80. The minimum Gasteiger partial charge on any atom is -0.480 e. The van der Waals surface area contributed by atoms with Gasteiger partial charge in [-0.05, 0) is 26.3 Å². The SMILES string of the molecule is CC(=S)NCCCCN1CCN(CC(=O)O)CCN(CC(=O)O)CC1. The molecule has 0 aromatic rings. The van der Waals surface area contributed by atoms with E-state index in [1.165, 1.54) is 0 Å². The van der Waals surface area contributed by atoms with Crippen molar-refractivity contribution in [2.24, 2.45) is 0 Å². The molecule has 0 aromatic carbocycles. The van der Waals surface area contributed by atoms with E-state index in [1.807, 2.05) is 16.7 Å². The molecule has 0 unspecified atom stereocenters. The number of aliphatic carboxylic acids is 2. The van der Waals surface area contributed by atoms with Crippen molar-refractivity contribution in [1.82, 2.24) is 20.0 Å². The van der Waals surface area contributed by atoms with Gasteiger partial charge in [0.2, 0.25) is 0 Å². The molecule has 0 saturated carbocycles. The zero-order valence-electron chi connectivity index (χ0n) is 14.9. The van der Waals surface area contributed by atoms with Crippen molar-refractivity contribution in [2.75, 3.05) is 65.4 Å². The maximum absolute atomic E-state index is 11.0. The van der Waals surface area contributed by atoms with E-state index in [0.717, 1.165) is 44.0 Å². The predicted octanol–water partition coefficient (Wildman–Crippen LogP) is -0.208. The first-order valence-electron chi connectivity index (χ1n) is 8.72. The Bertz CT molecular complexity index is 422. The molecule has 0 aliphatic carbocycles. The Labute approximate surface area is 154 Å². The van der Waals surface area contributed by atoms with Gasteiger partial charge in [0.15, 0.2) is 0 Å². The first kappa shape index (κ1) is 21.8. The van der Waals surface area contributed by atoms with Crippen molar-refractivity contribution in [2.45, 2.75) is 19.8 Å². The van der Waals surface area contributed by atoms with E-state index in [1.54, 1.807) is 0 Å². The van der Waals surface area contributed by atoms with Crippen LogP contribution in [-0.2, 0) is 9.59 Å². The molecule has 0 aromatic heterocycles. The molecule has 25 heavy (non-hydrogen) atoms. The maximum atomic E-state index is 11.0. The Hall–Kier alpha value is -1.29. The minimum absolute atomic E-state index is 0.00733. The fourth-order valence-corrected chi connectivity index (χ4v) is 2.93. The summed E-state index contributed by atoms with van der Waals surface area (Å²) in [5.74, 6) is -1.70. The van der Waals surface area contributed by atoms with Gasteiger partial charge in [-0.15, -0.1) is 0 Å². The standard InChI is InChI=1S/C16H30N4O4S/c1-14(25)17-4-2-3-5-18-6-8-19(12-15(21)22)10-11-20(9-7-18)13-16(23)24/h2-13H2,1H3,(H,17,25)(H,21,22)(H,23,24). The minimum atomic E-state index is -0.850. The van der Waals surface area contributed by atoms with Crippen molar-refractivity contribution in [3.05, 3.63) is 0 Å². The molecule has 0 radical (unpaired) electrons. The molecule has 1 saturated heterocycles. The summed E-state index contributed by atoms with van der Waals surface area (Å²) in [7, 11) is 0. The third kappa shape index (κ3) is 11.0. The Morgan fingerprint density at radius 1 is 0.880 bits per heavy atom. The number of hydrogen-bond acceptors (Lipinski definition) is 6. The van der Waals surface area contributed by atoms with Crippen LogP contribution in [0.25, 0.3) is 0 Å². The lowest BCUT2D eigenvalue weighted by atomic mass is 10.2. The number of rotatable bonds is 9. The van der Waals surface area contributed by atoms with Crippen LogP contribution in [0.1, 0.15) is 19.8 Å². The van der Waals surface area contributed by atoms with E-state index in [-0.39, 0.29) is 13.1 Å². The van der Waals surface area contributed by atoms with Gasteiger partial charge in [-0.1, -0.05) is 12.2 Å². The first-order valence-corrected chi connectivity index (χ1v) is 9.12. The summed E-state index contributed by atoms with van der Waals surface area (Å²) >= 11 is 4.98. The number of carboxylic acid groups (broad SMARTS) is 2. The summed E-state index contributed by atoms with van der Waals surface area (Å²) < 4.78 is 0. The molecule has 8 nitrogen and oxygen atoms in total. The fourth-order valence-electron chi connectivity index (χ4n) is 2.83. The number of hydrogen-bond donors (Lipinski definition) is 3. The third-order valence-electron chi connectivity index (χ3n) is 4.19. The van der Waals surface area contributed by atoms with Gasteiger partial charge in [0.1, 0.15) is 0 Å². The topological polar surface area (TPSA) is 96.4 Å². The van der Waals surface area contributed by atoms with Crippen molar-refractivity contribution in [1.29, 1.82) is 0 Å². The van der Waals surface area contributed by atoms with Crippen LogP contribution >= 0.6 is 12.2 Å². The summed E-state index contributed by atoms with van der Waals surface area (Å²) in [6.07, 6.45) is 2.04. The van der Waals surface area contributed by atoms with Crippen LogP contribution in [0, 0.1) is 0 Å². The van der Waals surface area contributed by atoms with Crippen LogP contribution in [0.4, 0.5) is 0 Å². The third-order valence-corrected chi connectivity index (χ3v) is 4.33. The predicted molar refractivity (Wildman–Crippen MR) is 100 cm³/mol. The van der Waals surface area contributed by atoms with Gasteiger partial charge in [-0.2, -0.15) is 0 Å². The normalized spacial score (nSPS) is 18.1. The first-order chi connectivity index (χ1) is 11.9. The van der Waals surface area contributed by atoms with Crippen LogP contribution in [0.3, 0.4) is 0 Å². The molecule has 1 rings (SSSR count). The molecule has 0 spiro atoms. The highest BCUT2D eigenvalue weighted by atomic mass is 32.1. The van der Waals surface area contributed by atoms with E-state index >= 15 is 0 Å². The molecule has 1 heterocycles. The molecule has 0 amide bonds. The average Bonchev–Trinajstić information content (AvgIpc) is 2.59. The summed E-state index contributed by atoms with van der Waals surface area (Å²) in [4.78, 5) is 28.9. The Morgan fingerprint density at radius 3 is 1.72 bits per heavy atom. The van der Waals surface area contributed by atoms with Gasteiger partial charge in [0, 0.05) is 45.8 Å². The molecule has 9 heteroatoms. The number of carboxylic acids is 2. The van der Waals surface area contributed by atoms with Crippen molar-refractivity contribution < 1.29 is 19.8 Å². The molecule has 1 aliphatic rings. The molecule has 144 valence electrons. The Morgan fingerprint density at radius 2 is 1.32 bits per heavy atom. The quantitative estimate of drug-likeness (QED) is 0.374. The summed E-state index contributed by atoms with van der Waals surface area (Å²) in [6, 6.07) is 0. The average molecular weight is 375 g/mol. The van der Waals surface area contributed by atoms with Gasteiger partial charge in [0.05, 0.1) is 18.1 Å². The van der Waals surface area contributed by atoms with E-state index in [4.69, 9.17) is 22.4 Å². The van der Waals surface area contributed by atoms with Crippen LogP contribution in [0.15, 0.2) is 0 Å². The van der Waals surface area contributed by atoms with E-state index in [9.17, 15) is 9.59 Å². The van der Waals surface area contributed by atoms with Crippen LogP contribution < -0.4 is 5.32 Å². The second-order valence-corrected chi connectivity index (χ2v) is 6.98. The fraction of sp³-hybridized carbons (Fsp3) is 0.812. The zero-order chi connectivity index (χ0) is 18.7. The second kappa shape index (κ2) is 12.1. The van der Waals surface area contributed by atoms with Gasteiger partial charge >= 0.3 is 11.9 Å². The van der Waals surface area contributed by atoms with E-state index in [0.29, 0.717) is 26.2 Å².